The summed E-state index contributed by atoms with van der Waals surface area (Å²) in [4.78, 5) is 0. The van der Waals surface area contributed by atoms with E-state index in [-0.39, 0.29) is 24.8 Å². The van der Waals surface area contributed by atoms with Crippen molar-refractivity contribution in [3.8, 4) is 0 Å². The summed E-state index contributed by atoms with van der Waals surface area (Å²) in [5.41, 5.74) is 4.41. The van der Waals surface area contributed by atoms with Crippen LogP contribution in [0, 0.1) is 24.3 Å². The molecule has 1 aliphatic carbocycles. The molecule has 0 fully saturated rings. The Bertz CT molecular complexity index is 1220. The molecule has 0 radical (unpaired) electrons. The van der Waals surface area contributed by atoms with E-state index in [1.54, 1.807) is 0 Å². The average Bonchev–Trinajstić information content (AvgIpc) is 3.46. The second-order valence-corrected chi connectivity index (χ2v) is 10.7. The number of benzene rings is 3. The summed E-state index contributed by atoms with van der Waals surface area (Å²) in [7, 11) is 0. The number of hydrogen-bond donors (Lipinski definition) is 0. The van der Waals surface area contributed by atoms with Gasteiger partial charge in [-0.2, -0.15) is 11.6 Å². The third-order valence-electron chi connectivity index (χ3n) is 6.07. The van der Waals surface area contributed by atoms with Crippen molar-refractivity contribution in [2.24, 2.45) is 11.3 Å². The molecule has 4 aromatic carbocycles. The van der Waals surface area contributed by atoms with Crippen LogP contribution in [0.5, 0.6) is 0 Å². The molecule has 1 unspecified atom stereocenters. The SMILES string of the molecule is CCCC1[C-]=CC(C(C)(C)C)=C1.Cc1ccc([CH]=[Zr+2])cc1.[Cl-].[Cl-].c1ccc2c(c1)[cH-]c1ccccc12. The molecule has 0 nitrogen and oxygen atoms in total. The zero-order valence-electron chi connectivity index (χ0n) is 22.0. The molecule has 1 aliphatic rings. The van der Waals surface area contributed by atoms with Gasteiger partial charge in [0.05, 0.1) is 0 Å². The van der Waals surface area contributed by atoms with Gasteiger partial charge in [0.1, 0.15) is 0 Å². The molecule has 0 saturated carbocycles. The first kappa shape index (κ1) is 32.4. The van der Waals surface area contributed by atoms with Crippen molar-refractivity contribution in [1.29, 1.82) is 0 Å². The average molecular weight is 595 g/mol. The van der Waals surface area contributed by atoms with Crippen molar-refractivity contribution in [2.75, 3.05) is 0 Å². The molecule has 188 valence electrons. The molecule has 4 aromatic rings. The van der Waals surface area contributed by atoms with Crippen molar-refractivity contribution in [3.63, 3.8) is 0 Å². The van der Waals surface area contributed by atoms with Crippen LogP contribution in [0.15, 0.2) is 96.6 Å². The first-order valence-electron chi connectivity index (χ1n) is 12.2. The maximum atomic E-state index is 3.40. The molecule has 5 rings (SSSR count). The molecule has 0 heterocycles. The largest absolute Gasteiger partial charge is 1.00 e. The van der Waals surface area contributed by atoms with E-state index in [0.29, 0.717) is 11.3 Å². The smallest absolute Gasteiger partial charge is 0.0771 e. The van der Waals surface area contributed by atoms with Gasteiger partial charge in [-0.25, -0.2) is 6.08 Å². The topological polar surface area (TPSA) is 0 Å². The Morgan fingerprint density at radius 3 is 1.83 bits per heavy atom. The maximum Gasteiger partial charge on any atom is -0.0771 e. The third kappa shape index (κ3) is 9.33. The molecule has 0 aliphatic heterocycles. The van der Waals surface area contributed by atoms with E-state index < -0.39 is 0 Å². The monoisotopic (exact) mass is 592 g/mol. The minimum absolute atomic E-state index is 0. The summed E-state index contributed by atoms with van der Waals surface area (Å²) in [6.07, 6.45) is 10.4. The van der Waals surface area contributed by atoms with Gasteiger partial charge in [-0.1, -0.05) is 88.3 Å². The molecule has 3 heteroatoms. The van der Waals surface area contributed by atoms with Gasteiger partial charge in [0.2, 0.25) is 0 Å². The summed E-state index contributed by atoms with van der Waals surface area (Å²) in [6.45, 7) is 11.1. The number of fused-ring (bicyclic) bond motifs is 3. The van der Waals surface area contributed by atoms with E-state index in [0.717, 1.165) is 0 Å². The second kappa shape index (κ2) is 15.6. The first-order valence-corrected chi connectivity index (χ1v) is 13.7. The predicted octanol–water partition coefficient (Wildman–Crippen LogP) is 3.16. The number of halogens is 2. The molecule has 0 N–H and O–H groups in total. The zero-order valence-corrected chi connectivity index (χ0v) is 26.0. The molecule has 0 amide bonds. The van der Waals surface area contributed by atoms with Gasteiger partial charge in [0.25, 0.3) is 0 Å². The second-order valence-electron chi connectivity index (χ2n) is 9.95. The van der Waals surface area contributed by atoms with Crippen molar-refractivity contribution in [3.05, 3.63) is 114 Å². The van der Waals surface area contributed by atoms with Crippen LogP contribution < -0.4 is 24.8 Å². The van der Waals surface area contributed by atoms with E-state index in [1.807, 2.05) is 0 Å². The van der Waals surface area contributed by atoms with Gasteiger partial charge >= 0.3 is 70.3 Å². The molecule has 0 spiro atoms. The van der Waals surface area contributed by atoms with Crippen molar-refractivity contribution >= 4 is 25.3 Å². The van der Waals surface area contributed by atoms with Gasteiger partial charge in [0.15, 0.2) is 0 Å². The summed E-state index contributed by atoms with van der Waals surface area (Å²) in [5, 5.41) is 5.39. The Morgan fingerprint density at radius 2 is 1.39 bits per heavy atom. The Labute approximate surface area is 245 Å². The Kier molecular flexibility index (Phi) is 14.0. The molecule has 0 aromatic heterocycles. The zero-order chi connectivity index (χ0) is 24.6. The van der Waals surface area contributed by atoms with Crippen LogP contribution in [0.25, 0.3) is 21.5 Å². The number of rotatable bonds is 3. The summed E-state index contributed by atoms with van der Waals surface area (Å²) >= 11 is 1.47. The molecular formula is C33H36Cl2Zr-2. The Balaban J connectivity index is 0.000000267. The summed E-state index contributed by atoms with van der Waals surface area (Å²) < 4.78 is 2.19. The number of hydrogen-bond acceptors (Lipinski definition) is 0. The van der Waals surface area contributed by atoms with Gasteiger partial charge in [-0.15, -0.1) is 39.7 Å². The number of allylic oxidation sites excluding steroid dienone is 4. The van der Waals surface area contributed by atoms with Gasteiger partial charge in [0, 0.05) is 0 Å². The standard InChI is InChI=1S/C13H9.C12H19.C8H8.2ClH.Zr/c1-3-7-12-10(5-1)9-11-6-2-4-8-13(11)12;1-5-6-10-7-8-11(9-10)12(2,3)4;1-7-3-5-8(2)6-4-7;;;/h1-9H;8-10H,5-6H2,1-4H3;1,3-6H,2H3;2*1H;/q2*-1;;;;+2/p-2. The first-order chi connectivity index (χ1) is 16.3. The van der Waals surface area contributed by atoms with E-state index >= 15 is 0 Å². The van der Waals surface area contributed by atoms with Crippen molar-refractivity contribution < 1.29 is 49.0 Å². The number of aryl methyl sites for hydroxylation is 1. The fourth-order valence-corrected chi connectivity index (χ4v) is 4.49. The van der Waals surface area contributed by atoms with Crippen LogP contribution in [0.3, 0.4) is 0 Å². The molecule has 0 bridgehead atoms. The van der Waals surface area contributed by atoms with Gasteiger partial charge in [-0.3, -0.25) is 6.08 Å². The van der Waals surface area contributed by atoms with E-state index in [2.05, 4.69) is 135 Å². The van der Waals surface area contributed by atoms with Crippen LogP contribution in [0.2, 0.25) is 0 Å². The minimum atomic E-state index is 0. The van der Waals surface area contributed by atoms with Crippen LogP contribution in [0.1, 0.15) is 51.7 Å². The predicted molar refractivity (Wildman–Crippen MR) is 147 cm³/mol. The van der Waals surface area contributed by atoms with E-state index in [9.17, 15) is 0 Å². The minimum Gasteiger partial charge on any atom is -1.00 e. The Morgan fingerprint density at radius 1 is 0.861 bits per heavy atom. The molecule has 36 heavy (non-hydrogen) atoms. The van der Waals surface area contributed by atoms with Crippen molar-refractivity contribution in [2.45, 2.75) is 47.5 Å². The van der Waals surface area contributed by atoms with Crippen LogP contribution >= 0.6 is 0 Å². The normalized spacial score (nSPS) is 14.0. The quantitative estimate of drug-likeness (QED) is 0.320. The van der Waals surface area contributed by atoms with Crippen LogP contribution in [0.4, 0.5) is 0 Å². The molecular weight excluding hydrogens is 558 g/mol. The van der Waals surface area contributed by atoms with E-state index in [1.165, 1.54) is 75.3 Å². The fourth-order valence-electron chi connectivity index (χ4n) is 4.02. The summed E-state index contributed by atoms with van der Waals surface area (Å²) in [6, 6.07) is 27.8. The maximum absolute atomic E-state index is 3.40. The summed E-state index contributed by atoms with van der Waals surface area (Å²) in [5.74, 6) is 0.587. The van der Waals surface area contributed by atoms with Crippen LogP contribution in [-0.4, -0.2) is 3.71 Å². The van der Waals surface area contributed by atoms with Gasteiger partial charge in [-0.05, 0) is 0 Å². The third-order valence-corrected chi connectivity index (χ3v) is 6.89. The van der Waals surface area contributed by atoms with E-state index in [4.69, 9.17) is 0 Å². The molecule has 1 atom stereocenters. The van der Waals surface area contributed by atoms with Gasteiger partial charge < -0.3 is 24.8 Å². The van der Waals surface area contributed by atoms with Crippen molar-refractivity contribution in [1.82, 2.24) is 0 Å². The molecule has 0 saturated heterocycles. The Hall–Kier alpha value is -1.66. The van der Waals surface area contributed by atoms with Crippen LogP contribution in [-0.2, 0) is 24.2 Å². The fraction of sp³-hybridized carbons (Fsp3) is 0.273.